The molecule has 2 heterocycles. The lowest BCUT2D eigenvalue weighted by Crippen LogP contribution is -2.35. The second-order valence-corrected chi connectivity index (χ2v) is 7.36. The minimum absolute atomic E-state index is 0.712. The van der Waals surface area contributed by atoms with Crippen LogP contribution in [0.15, 0.2) is 36.4 Å². The van der Waals surface area contributed by atoms with Crippen LogP contribution in [0.3, 0.4) is 0 Å². The predicted octanol–water partition coefficient (Wildman–Crippen LogP) is 4.40. The van der Waals surface area contributed by atoms with Gasteiger partial charge in [0.1, 0.15) is 0 Å². The molecule has 0 saturated carbocycles. The number of likely N-dealkylation sites (tertiary alicyclic amines) is 1. The third-order valence-corrected chi connectivity index (χ3v) is 4.97. The highest BCUT2D eigenvalue weighted by Gasteiger charge is 2.38. The molecule has 1 aromatic heterocycles. The standard InChI is InChI=1S/C19H27N3.C2HF3O2/c1-16-14-17(2)22(20-16)13-7-12-21-11-6-10-19(15-21)18-8-4-3-5-9-18;3-2(4,5)1(6)7/h3-5,8-9,14,19H,6-7,10-13,15H2,1-2H3;(H,6,7). The zero-order chi connectivity index (χ0) is 21.4. The van der Waals surface area contributed by atoms with Gasteiger partial charge in [0, 0.05) is 18.8 Å². The summed E-state index contributed by atoms with van der Waals surface area (Å²) in [6.45, 7) is 8.89. The third kappa shape index (κ3) is 7.53. The number of rotatable bonds is 5. The third-order valence-electron chi connectivity index (χ3n) is 4.97. The van der Waals surface area contributed by atoms with E-state index in [0.29, 0.717) is 5.92 Å². The number of nitrogens with zero attached hydrogens (tertiary/aromatic N) is 3. The number of carboxylic acid groups (broad SMARTS) is 1. The molecule has 1 unspecified atom stereocenters. The van der Waals surface area contributed by atoms with E-state index in [1.807, 2.05) is 0 Å². The van der Waals surface area contributed by atoms with Crippen LogP contribution in [0.2, 0.25) is 0 Å². The van der Waals surface area contributed by atoms with Crippen molar-refractivity contribution in [1.82, 2.24) is 14.7 Å². The first kappa shape index (κ1) is 22.9. The largest absolute Gasteiger partial charge is 0.490 e. The molecule has 29 heavy (non-hydrogen) atoms. The molecule has 1 saturated heterocycles. The zero-order valence-corrected chi connectivity index (χ0v) is 16.8. The Morgan fingerprint density at radius 1 is 1.21 bits per heavy atom. The van der Waals surface area contributed by atoms with Crippen molar-refractivity contribution in [3.63, 3.8) is 0 Å². The highest BCUT2D eigenvalue weighted by atomic mass is 19.4. The van der Waals surface area contributed by atoms with Crippen LogP contribution in [0.1, 0.15) is 42.1 Å². The van der Waals surface area contributed by atoms with E-state index < -0.39 is 12.1 Å². The molecule has 1 aromatic carbocycles. The summed E-state index contributed by atoms with van der Waals surface area (Å²) in [6, 6.07) is 13.2. The maximum absolute atomic E-state index is 10.6. The highest BCUT2D eigenvalue weighted by molar-refractivity contribution is 5.73. The Balaban J connectivity index is 0.000000370. The summed E-state index contributed by atoms with van der Waals surface area (Å²) in [4.78, 5) is 11.5. The van der Waals surface area contributed by atoms with Crippen molar-refractivity contribution in [3.8, 4) is 0 Å². The summed E-state index contributed by atoms with van der Waals surface area (Å²) in [5.74, 6) is -2.05. The Morgan fingerprint density at radius 2 is 1.86 bits per heavy atom. The van der Waals surface area contributed by atoms with Crippen LogP contribution in [-0.2, 0) is 11.3 Å². The number of aromatic nitrogens is 2. The predicted molar refractivity (Wildman–Crippen MR) is 105 cm³/mol. The van der Waals surface area contributed by atoms with Gasteiger partial charge in [0.2, 0.25) is 0 Å². The Morgan fingerprint density at radius 3 is 2.41 bits per heavy atom. The number of benzene rings is 1. The van der Waals surface area contributed by atoms with E-state index >= 15 is 0 Å². The first-order valence-electron chi connectivity index (χ1n) is 9.75. The van der Waals surface area contributed by atoms with Crippen LogP contribution in [0, 0.1) is 13.8 Å². The summed E-state index contributed by atoms with van der Waals surface area (Å²) in [7, 11) is 0. The molecule has 0 aliphatic carbocycles. The van der Waals surface area contributed by atoms with Crippen LogP contribution < -0.4 is 0 Å². The van der Waals surface area contributed by atoms with Gasteiger partial charge in [-0.1, -0.05) is 30.3 Å². The van der Waals surface area contributed by atoms with E-state index in [-0.39, 0.29) is 0 Å². The summed E-state index contributed by atoms with van der Waals surface area (Å²) >= 11 is 0. The SMILES string of the molecule is Cc1cc(C)n(CCCN2CCCC(c3ccccc3)C2)n1.O=C(O)C(F)(F)F. The van der Waals surface area contributed by atoms with Crippen molar-refractivity contribution < 1.29 is 23.1 Å². The maximum atomic E-state index is 10.6. The van der Waals surface area contributed by atoms with Crippen molar-refractivity contribution in [2.24, 2.45) is 0 Å². The lowest BCUT2D eigenvalue weighted by atomic mass is 9.90. The van der Waals surface area contributed by atoms with Gasteiger partial charge in [-0.15, -0.1) is 0 Å². The van der Waals surface area contributed by atoms with Crippen LogP contribution in [0.5, 0.6) is 0 Å². The fraction of sp³-hybridized carbons (Fsp3) is 0.524. The second kappa shape index (κ2) is 10.4. The molecule has 1 fully saturated rings. The van der Waals surface area contributed by atoms with Gasteiger partial charge >= 0.3 is 12.1 Å². The minimum atomic E-state index is -5.08. The monoisotopic (exact) mass is 411 g/mol. The number of carbonyl (C=O) groups is 1. The average molecular weight is 411 g/mol. The fourth-order valence-electron chi connectivity index (χ4n) is 3.60. The average Bonchev–Trinajstić information content (AvgIpc) is 3.00. The number of halogens is 3. The normalized spacial score (nSPS) is 17.5. The number of hydrogen-bond acceptors (Lipinski definition) is 3. The van der Waals surface area contributed by atoms with Gasteiger partial charge in [0.25, 0.3) is 0 Å². The van der Waals surface area contributed by atoms with E-state index in [9.17, 15) is 13.2 Å². The van der Waals surface area contributed by atoms with Crippen molar-refractivity contribution in [2.75, 3.05) is 19.6 Å². The van der Waals surface area contributed by atoms with Gasteiger partial charge in [-0.3, -0.25) is 4.68 Å². The minimum Gasteiger partial charge on any atom is -0.475 e. The van der Waals surface area contributed by atoms with Crippen LogP contribution in [0.4, 0.5) is 13.2 Å². The highest BCUT2D eigenvalue weighted by Crippen LogP contribution is 2.26. The van der Waals surface area contributed by atoms with Gasteiger partial charge in [-0.2, -0.15) is 18.3 Å². The molecule has 160 valence electrons. The molecule has 0 spiro atoms. The van der Waals surface area contributed by atoms with Crippen molar-refractivity contribution in [2.45, 2.75) is 51.7 Å². The van der Waals surface area contributed by atoms with E-state index in [0.717, 1.165) is 12.2 Å². The second-order valence-electron chi connectivity index (χ2n) is 7.36. The lowest BCUT2D eigenvalue weighted by Gasteiger charge is -2.33. The van der Waals surface area contributed by atoms with E-state index in [2.05, 4.69) is 64.9 Å². The van der Waals surface area contributed by atoms with E-state index in [4.69, 9.17) is 9.90 Å². The van der Waals surface area contributed by atoms with Gasteiger partial charge in [-0.25, -0.2) is 4.79 Å². The molecular formula is C21H28F3N3O2. The molecular weight excluding hydrogens is 383 g/mol. The molecule has 0 radical (unpaired) electrons. The van der Waals surface area contributed by atoms with Gasteiger partial charge < -0.3 is 10.0 Å². The van der Waals surface area contributed by atoms with Crippen LogP contribution in [0.25, 0.3) is 0 Å². The van der Waals surface area contributed by atoms with Gasteiger partial charge in [-0.05, 0) is 63.7 Å². The first-order chi connectivity index (χ1) is 13.7. The van der Waals surface area contributed by atoms with E-state index in [1.165, 1.54) is 50.2 Å². The molecule has 3 rings (SSSR count). The Kier molecular flexibility index (Phi) is 8.25. The molecule has 1 N–H and O–H groups in total. The zero-order valence-electron chi connectivity index (χ0n) is 16.8. The van der Waals surface area contributed by atoms with Gasteiger partial charge in [0.05, 0.1) is 5.69 Å². The molecule has 1 atom stereocenters. The first-order valence-corrected chi connectivity index (χ1v) is 9.75. The molecule has 0 bridgehead atoms. The Hall–Kier alpha value is -2.35. The Labute approximate surface area is 169 Å². The van der Waals surface area contributed by atoms with Crippen LogP contribution in [-0.4, -0.2) is 51.6 Å². The number of hydrogen-bond donors (Lipinski definition) is 1. The molecule has 2 aromatic rings. The maximum Gasteiger partial charge on any atom is 0.490 e. The summed E-state index contributed by atoms with van der Waals surface area (Å²) in [5.41, 5.74) is 3.91. The summed E-state index contributed by atoms with van der Waals surface area (Å²) < 4.78 is 33.9. The smallest absolute Gasteiger partial charge is 0.475 e. The summed E-state index contributed by atoms with van der Waals surface area (Å²) in [6.07, 6.45) is -1.25. The molecule has 8 heteroatoms. The number of aryl methyl sites for hydroxylation is 3. The van der Waals surface area contributed by atoms with Crippen molar-refractivity contribution >= 4 is 5.97 Å². The van der Waals surface area contributed by atoms with Crippen molar-refractivity contribution in [1.29, 1.82) is 0 Å². The molecule has 5 nitrogen and oxygen atoms in total. The van der Waals surface area contributed by atoms with Crippen LogP contribution >= 0.6 is 0 Å². The lowest BCUT2D eigenvalue weighted by molar-refractivity contribution is -0.192. The number of piperidine rings is 1. The molecule has 1 aliphatic rings. The van der Waals surface area contributed by atoms with Gasteiger partial charge in [0.15, 0.2) is 0 Å². The summed E-state index contributed by atoms with van der Waals surface area (Å²) in [5, 5.41) is 11.7. The fourth-order valence-corrected chi connectivity index (χ4v) is 3.60. The van der Waals surface area contributed by atoms with Crippen molar-refractivity contribution in [3.05, 3.63) is 53.3 Å². The number of carboxylic acids is 1. The number of aliphatic carboxylic acids is 1. The van der Waals surface area contributed by atoms with E-state index in [1.54, 1.807) is 0 Å². The quantitative estimate of drug-likeness (QED) is 0.792. The topological polar surface area (TPSA) is 58.4 Å². The Bertz CT molecular complexity index is 775. The molecule has 0 amide bonds. The number of alkyl halides is 3. The molecule has 1 aliphatic heterocycles.